The zero-order valence-corrected chi connectivity index (χ0v) is 14.6. The summed E-state index contributed by atoms with van der Waals surface area (Å²) in [5.74, 6) is 0.517. The monoisotopic (exact) mass is 364 g/mol. The molecule has 0 radical (unpaired) electrons. The number of hydrogen-bond acceptors (Lipinski definition) is 5. The molecule has 1 atom stereocenters. The van der Waals surface area contributed by atoms with E-state index in [0.717, 1.165) is 12.7 Å². The molecule has 25 heavy (non-hydrogen) atoms. The highest BCUT2D eigenvalue weighted by atomic mass is 32.2. The lowest BCUT2D eigenvalue weighted by atomic mass is 10.1. The van der Waals surface area contributed by atoms with Crippen LogP contribution in [0.4, 0.5) is 10.5 Å². The van der Waals surface area contributed by atoms with Crippen molar-refractivity contribution in [1.82, 2.24) is 24.4 Å². The Morgan fingerprint density at radius 3 is 2.88 bits per heavy atom. The van der Waals surface area contributed by atoms with E-state index in [9.17, 15) is 13.2 Å². The molecule has 9 nitrogen and oxygen atoms in total. The molecule has 10 heteroatoms. The summed E-state index contributed by atoms with van der Waals surface area (Å²) in [5.41, 5.74) is 0.536. The van der Waals surface area contributed by atoms with Gasteiger partial charge in [-0.3, -0.25) is 0 Å². The number of nitrogens with one attached hydrogen (secondary N) is 2. The molecule has 2 aromatic rings. The van der Waals surface area contributed by atoms with Gasteiger partial charge in [0, 0.05) is 37.7 Å². The number of sulfonamides is 1. The zero-order chi connectivity index (χ0) is 17.9. The van der Waals surface area contributed by atoms with E-state index in [1.165, 1.54) is 0 Å². The number of amides is 2. The number of carbonyl (C=O) groups is 1. The topological polar surface area (TPSA) is 109 Å². The molecule has 0 aromatic carbocycles. The van der Waals surface area contributed by atoms with Gasteiger partial charge in [-0.1, -0.05) is 0 Å². The van der Waals surface area contributed by atoms with Crippen molar-refractivity contribution in [2.45, 2.75) is 18.9 Å². The number of carbonyl (C=O) groups excluding carboxylic acids is 1. The van der Waals surface area contributed by atoms with E-state index in [1.807, 2.05) is 0 Å². The molecule has 2 aromatic heterocycles. The van der Waals surface area contributed by atoms with Crippen LogP contribution < -0.4 is 10.0 Å². The Hall–Kier alpha value is -2.46. The Morgan fingerprint density at radius 2 is 2.16 bits per heavy atom. The van der Waals surface area contributed by atoms with Gasteiger partial charge < -0.3 is 10.2 Å². The lowest BCUT2D eigenvalue weighted by Crippen LogP contribution is -2.50. The largest absolute Gasteiger partial charge is 0.323 e. The number of likely N-dealkylation sites (tertiary alicyclic amines) is 1. The molecule has 3 heterocycles. The van der Waals surface area contributed by atoms with Crippen molar-refractivity contribution in [2.24, 2.45) is 0 Å². The first-order chi connectivity index (χ1) is 11.9. The van der Waals surface area contributed by atoms with Crippen molar-refractivity contribution in [1.29, 1.82) is 0 Å². The predicted octanol–water partition coefficient (Wildman–Crippen LogP) is 0.813. The first-order valence-electron chi connectivity index (χ1n) is 7.90. The van der Waals surface area contributed by atoms with Gasteiger partial charge in [0.15, 0.2) is 5.82 Å². The van der Waals surface area contributed by atoms with Gasteiger partial charge in [-0.25, -0.2) is 27.6 Å². The molecule has 3 rings (SSSR count). The van der Waals surface area contributed by atoms with E-state index in [0.29, 0.717) is 31.0 Å². The highest BCUT2D eigenvalue weighted by Crippen LogP contribution is 2.18. The van der Waals surface area contributed by atoms with Gasteiger partial charge in [0.1, 0.15) is 0 Å². The van der Waals surface area contributed by atoms with Crippen molar-refractivity contribution in [3.8, 4) is 5.82 Å². The Bertz CT molecular complexity index is 837. The van der Waals surface area contributed by atoms with E-state index in [2.05, 4.69) is 20.1 Å². The quantitative estimate of drug-likeness (QED) is 0.834. The fraction of sp³-hybridized carbons (Fsp3) is 0.400. The number of aromatic nitrogens is 3. The molecule has 0 saturated carbocycles. The van der Waals surface area contributed by atoms with E-state index in [-0.39, 0.29) is 12.1 Å². The van der Waals surface area contributed by atoms with Gasteiger partial charge in [-0.2, -0.15) is 5.10 Å². The lowest BCUT2D eigenvalue weighted by Gasteiger charge is -2.32. The van der Waals surface area contributed by atoms with Crippen LogP contribution in [0, 0.1) is 0 Å². The molecule has 1 fully saturated rings. The van der Waals surface area contributed by atoms with Gasteiger partial charge in [0.25, 0.3) is 0 Å². The standard InChI is InChI=1S/C15H20N6O3S/c1-25(23,24)19-12-5-3-9-20(11-12)15(22)18-13-6-2-7-16-14(13)21-10-4-8-17-21/h2,4,6-8,10,12,19H,3,5,9,11H2,1H3,(H,18,22)/t12-/m1/s1. The summed E-state index contributed by atoms with van der Waals surface area (Å²) in [4.78, 5) is 18.4. The van der Waals surface area contributed by atoms with Crippen LogP contribution in [0.3, 0.4) is 0 Å². The second kappa shape index (κ2) is 7.19. The molecular formula is C15H20N6O3S. The third-order valence-electron chi connectivity index (χ3n) is 3.84. The Balaban J connectivity index is 1.70. The molecule has 0 aliphatic carbocycles. The summed E-state index contributed by atoms with van der Waals surface area (Å²) < 4.78 is 26.9. The van der Waals surface area contributed by atoms with E-state index < -0.39 is 10.0 Å². The Labute approximate surface area is 146 Å². The predicted molar refractivity (Wildman–Crippen MR) is 93.0 cm³/mol. The van der Waals surface area contributed by atoms with Gasteiger partial charge in [0.05, 0.1) is 11.9 Å². The van der Waals surface area contributed by atoms with E-state index >= 15 is 0 Å². The van der Waals surface area contributed by atoms with Gasteiger partial charge >= 0.3 is 6.03 Å². The SMILES string of the molecule is CS(=O)(=O)N[C@@H]1CCCN(C(=O)Nc2cccnc2-n2cccn2)C1. The second-order valence-electron chi connectivity index (χ2n) is 5.93. The highest BCUT2D eigenvalue weighted by Gasteiger charge is 2.26. The number of nitrogens with zero attached hydrogens (tertiary/aromatic N) is 4. The fourth-order valence-corrected chi connectivity index (χ4v) is 3.62. The van der Waals surface area contributed by atoms with Crippen LogP contribution >= 0.6 is 0 Å². The van der Waals surface area contributed by atoms with Crippen molar-refractivity contribution < 1.29 is 13.2 Å². The third-order valence-corrected chi connectivity index (χ3v) is 4.60. The maximum atomic E-state index is 12.6. The number of rotatable bonds is 4. The molecule has 1 aliphatic heterocycles. The molecule has 2 N–H and O–H groups in total. The number of urea groups is 1. The number of anilines is 1. The Morgan fingerprint density at radius 1 is 1.32 bits per heavy atom. The second-order valence-corrected chi connectivity index (χ2v) is 7.71. The molecule has 134 valence electrons. The van der Waals surface area contributed by atoms with Crippen LogP contribution in [-0.2, 0) is 10.0 Å². The minimum atomic E-state index is -3.30. The van der Waals surface area contributed by atoms with Crippen molar-refractivity contribution in [2.75, 3.05) is 24.7 Å². The van der Waals surface area contributed by atoms with Gasteiger partial charge in [-0.15, -0.1) is 0 Å². The van der Waals surface area contributed by atoms with Crippen LogP contribution in [0.5, 0.6) is 0 Å². The molecular weight excluding hydrogens is 344 g/mol. The summed E-state index contributed by atoms with van der Waals surface area (Å²) in [6.45, 7) is 0.904. The minimum absolute atomic E-state index is 0.269. The number of hydrogen-bond donors (Lipinski definition) is 2. The summed E-state index contributed by atoms with van der Waals surface area (Å²) in [6.07, 6.45) is 7.57. The maximum absolute atomic E-state index is 12.6. The first-order valence-corrected chi connectivity index (χ1v) is 9.80. The van der Waals surface area contributed by atoms with Gasteiger partial charge in [-0.05, 0) is 31.0 Å². The highest BCUT2D eigenvalue weighted by molar-refractivity contribution is 7.88. The molecule has 1 saturated heterocycles. The first kappa shape index (κ1) is 17.4. The third kappa shape index (κ3) is 4.54. The van der Waals surface area contributed by atoms with Crippen LogP contribution in [0.15, 0.2) is 36.8 Å². The Kier molecular flexibility index (Phi) is 5.00. The minimum Gasteiger partial charge on any atom is -0.323 e. The number of pyridine rings is 1. The summed E-state index contributed by atoms with van der Waals surface area (Å²) in [6, 6.07) is 4.69. The van der Waals surface area contributed by atoms with Crippen molar-refractivity contribution in [3.05, 3.63) is 36.8 Å². The molecule has 2 amide bonds. The molecule has 1 aliphatic rings. The van der Waals surface area contributed by atoms with Crippen molar-refractivity contribution in [3.63, 3.8) is 0 Å². The summed E-state index contributed by atoms with van der Waals surface area (Å²) >= 11 is 0. The van der Waals surface area contributed by atoms with Crippen molar-refractivity contribution >= 4 is 21.7 Å². The van der Waals surface area contributed by atoms with E-state index in [1.54, 1.807) is 46.4 Å². The van der Waals surface area contributed by atoms with Crippen LogP contribution in [0.2, 0.25) is 0 Å². The molecule has 0 spiro atoms. The van der Waals surface area contributed by atoms with Crippen LogP contribution in [-0.4, -0.2) is 59.5 Å². The van der Waals surface area contributed by atoms with E-state index in [4.69, 9.17) is 0 Å². The normalized spacial score (nSPS) is 18.1. The fourth-order valence-electron chi connectivity index (χ4n) is 2.83. The van der Waals surface area contributed by atoms with Crippen LogP contribution in [0.25, 0.3) is 5.82 Å². The van der Waals surface area contributed by atoms with Gasteiger partial charge in [0.2, 0.25) is 10.0 Å². The summed E-state index contributed by atoms with van der Waals surface area (Å²) in [7, 11) is -3.30. The average Bonchev–Trinajstić information content (AvgIpc) is 3.08. The zero-order valence-electron chi connectivity index (χ0n) is 13.8. The van der Waals surface area contributed by atoms with Crippen LogP contribution in [0.1, 0.15) is 12.8 Å². The average molecular weight is 364 g/mol. The number of piperidine rings is 1. The molecule has 0 bridgehead atoms. The summed E-state index contributed by atoms with van der Waals surface area (Å²) in [5, 5.41) is 6.97. The molecule has 0 unspecified atom stereocenters. The smallest absolute Gasteiger partial charge is 0.322 e. The lowest BCUT2D eigenvalue weighted by molar-refractivity contribution is 0.190. The maximum Gasteiger partial charge on any atom is 0.322 e.